The van der Waals surface area contributed by atoms with Crippen molar-refractivity contribution in [2.75, 3.05) is 19.6 Å². The maximum absolute atomic E-state index is 12.5. The first-order chi connectivity index (χ1) is 12.8. The van der Waals surface area contributed by atoms with Gasteiger partial charge in [-0.15, -0.1) is 0 Å². The van der Waals surface area contributed by atoms with Crippen molar-refractivity contribution in [2.45, 2.75) is 44.9 Å². The van der Waals surface area contributed by atoms with E-state index in [0.29, 0.717) is 18.1 Å². The molecule has 0 bridgehead atoms. The predicted octanol–water partition coefficient (Wildman–Crippen LogP) is 5.09. The van der Waals surface area contributed by atoms with Crippen molar-refractivity contribution in [3.8, 4) is 0 Å². The van der Waals surface area contributed by atoms with Gasteiger partial charge >= 0.3 is 0 Å². The van der Waals surface area contributed by atoms with Crippen LogP contribution in [0.1, 0.15) is 49.7 Å². The fraction of sp³-hybridized carbons (Fsp3) is 0.458. The van der Waals surface area contributed by atoms with Crippen LogP contribution in [-0.4, -0.2) is 30.3 Å². The monoisotopic (exact) mass is 349 g/mol. The Bertz CT molecular complexity index is 659. The van der Waals surface area contributed by atoms with Crippen LogP contribution in [0.5, 0.6) is 0 Å². The Morgan fingerprint density at radius 3 is 2.23 bits per heavy atom. The topological polar surface area (TPSA) is 20.3 Å². The maximum Gasteiger partial charge on any atom is 0.140 e. The summed E-state index contributed by atoms with van der Waals surface area (Å²) >= 11 is 0. The molecule has 1 aliphatic heterocycles. The molecule has 1 atom stereocenters. The first-order valence-electron chi connectivity index (χ1n) is 10.1. The van der Waals surface area contributed by atoms with Gasteiger partial charge in [-0.05, 0) is 55.8 Å². The van der Waals surface area contributed by atoms with Crippen LogP contribution in [0.4, 0.5) is 0 Å². The van der Waals surface area contributed by atoms with Crippen molar-refractivity contribution >= 4 is 5.78 Å². The maximum atomic E-state index is 12.5. The number of piperidine rings is 1. The highest BCUT2D eigenvalue weighted by Crippen LogP contribution is 2.31. The van der Waals surface area contributed by atoms with Gasteiger partial charge in [-0.3, -0.25) is 4.79 Å². The van der Waals surface area contributed by atoms with Gasteiger partial charge in [0.05, 0.1) is 0 Å². The molecule has 0 radical (unpaired) electrons. The van der Waals surface area contributed by atoms with E-state index in [0.717, 1.165) is 19.4 Å². The molecule has 1 fully saturated rings. The molecule has 1 saturated heterocycles. The van der Waals surface area contributed by atoms with Crippen LogP contribution >= 0.6 is 0 Å². The number of nitrogens with zero attached hydrogens (tertiary/aromatic N) is 1. The van der Waals surface area contributed by atoms with Gasteiger partial charge in [0.25, 0.3) is 0 Å². The molecule has 0 N–H and O–H groups in total. The molecule has 26 heavy (non-hydrogen) atoms. The summed E-state index contributed by atoms with van der Waals surface area (Å²) in [6.45, 7) is 5.47. The predicted molar refractivity (Wildman–Crippen MR) is 108 cm³/mol. The highest BCUT2D eigenvalue weighted by Gasteiger charge is 2.26. The summed E-state index contributed by atoms with van der Waals surface area (Å²) in [5.74, 6) is 1.15. The Morgan fingerprint density at radius 1 is 1.00 bits per heavy atom. The molecule has 1 heterocycles. The standard InChI is InChI=1S/C24H31NO/c1-2-24(26)23(22-11-7-4-8-12-22)19-21-14-17-25(18-15-21)16-13-20-9-5-3-6-10-20/h3-12,21,23H,2,13-19H2,1H3. The average Bonchev–Trinajstić information content (AvgIpc) is 2.72. The van der Waals surface area contributed by atoms with Gasteiger partial charge in [-0.1, -0.05) is 67.6 Å². The zero-order valence-corrected chi connectivity index (χ0v) is 15.9. The second-order valence-corrected chi connectivity index (χ2v) is 7.54. The number of hydrogen-bond acceptors (Lipinski definition) is 2. The van der Waals surface area contributed by atoms with E-state index < -0.39 is 0 Å². The van der Waals surface area contributed by atoms with Crippen LogP contribution in [0.25, 0.3) is 0 Å². The van der Waals surface area contributed by atoms with Gasteiger partial charge in [0.1, 0.15) is 5.78 Å². The van der Waals surface area contributed by atoms with E-state index in [2.05, 4.69) is 59.5 Å². The third kappa shape index (κ3) is 5.28. The van der Waals surface area contributed by atoms with E-state index in [1.165, 1.54) is 37.1 Å². The number of carbonyl (C=O) groups excluding carboxylic acids is 1. The van der Waals surface area contributed by atoms with Crippen molar-refractivity contribution in [1.82, 2.24) is 4.90 Å². The second kappa shape index (κ2) is 9.68. The summed E-state index contributed by atoms with van der Waals surface area (Å²) in [5, 5.41) is 0. The van der Waals surface area contributed by atoms with Crippen LogP contribution in [0.3, 0.4) is 0 Å². The molecule has 1 aliphatic rings. The molecule has 138 valence electrons. The van der Waals surface area contributed by atoms with Crippen molar-refractivity contribution in [2.24, 2.45) is 5.92 Å². The van der Waals surface area contributed by atoms with Crippen LogP contribution in [-0.2, 0) is 11.2 Å². The van der Waals surface area contributed by atoms with E-state index >= 15 is 0 Å². The van der Waals surface area contributed by atoms with Gasteiger partial charge in [-0.25, -0.2) is 0 Å². The van der Waals surface area contributed by atoms with Crippen LogP contribution in [0.2, 0.25) is 0 Å². The highest BCUT2D eigenvalue weighted by atomic mass is 16.1. The molecular weight excluding hydrogens is 318 g/mol. The van der Waals surface area contributed by atoms with Gasteiger partial charge < -0.3 is 4.90 Å². The number of rotatable bonds is 8. The molecule has 3 rings (SSSR count). The van der Waals surface area contributed by atoms with Gasteiger partial charge in [0.15, 0.2) is 0 Å². The SMILES string of the molecule is CCC(=O)C(CC1CCN(CCc2ccccc2)CC1)c1ccccc1. The summed E-state index contributed by atoms with van der Waals surface area (Å²) < 4.78 is 0. The van der Waals surface area contributed by atoms with Crippen LogP contribution < -0.4 is 0 Å². The van der Waals surface area contributed by atoms with Gasteiger partial charge in [0.2, 0.25) is 0 Å². The second-order valence-electron chi connectivity index (χ2n) is 7.54. The number of ketones is 1. The Kier molecular flexibility index (Phi) is 7.02. The molecule has 0 aromatic heterocycles. The molecule has 1 unspecified atom stereocenters. The Labute approximate surface area is 158 Å². The molecule has 0 saturated carbocycles. The van der Waals surface area contributed by atoms with Crippen molar-refractivity contribution in [1.29, 1.82) is 0 Å². The summed E-state index contributed by atoms with van der Waals surface area (Å²) in [7, 11) is 0. The minimum absolute atomic E-state index is 0.0852. The molecule has 2 aromatic rings. The lowest BCUT2D eigenvalue weighted by atomic mass is 9.81. The molecule has 2 nitrogen and oxygen atoms in total. The fourth-order valence-corrected chi connectivity index (χ4v) is 4.10. The van der Waals surface area contributed by atoms with Crippen molar-refractivity contribution in [3.63, 3.8) is 0 Å². The zero-order valence-electron chi connectivity index (χ0n) is 15.9. The molecule has 0 aliphatic carbocycles. The Hall–Kier alpha value is -1.93. The van der Waals surface area contributed by atoms with E-state index in [9.17, 15) is 4.79 Å². The summed E-state index contributed by atoms with van der Waals surface area (Å²) in [6, 6.07) is 21.1. The molecule has 0 amide bonds. The molecular formula is C24H31NO. The summed E-state index contributed by atoms with van der Waals surface area (Å²) in [6.07, 6.45) is 5.22. The first-order valence-corrected chi connectivity index (χ1v) is 10.1. The number of Topliss-reactive ketones (excluding diaryl/α,β-unsaturated/α-hetero) is 1. The minimum Gasteiger partial charge on any atom is -0.303 e. The molecule has 0 spiro atoms. The Morgan fingerprint density at radius 2 is 1.62 bits per heavy atom. The number of benzene rings is 2. The summed E-state index contributed by atoms with van der Waals surface area (Å²) in [5.41, 5.74) is 2.62. The van der Waals surface area contributed by atoms with Gasteiger partial charge in [0, 0.05) is 18.9 Å². The first kappa shape index (κ1) is 18.8. The molecule has 2 aromatic carbocycles. The number of likely N-dealkylation sites (tertiary alicyclic amines) is 1. The van der Waals surface area contributed by atoms with E-state index in [1.54, 1.807) is 0 Å². The number of hydrogen-bond donors (Lipinski definition) is 0. The third-order valence-electron chi connectivity index (χ3n) is 5.77. The lowest BCUT2D eigenvalue weighted by Crippen LogP contribution is -2.36. The largest absolute Gasteiger partial charge is 0.303 e. The lowest BCUT2D eigenvalue weighted by Gasteiger charge is -2.33. The average molecular weight is 350 g/mol. The number of carbonyl (C=O) groups is 1. The van der Waals surface area contributed by atoms with Crippen molar-refractivity contribution in [3.05, 3.63) is 71.8 Å². The normalized spacial score (nSPS) is 17.1. The lowest BCUT2D eigenvalue weighted by molar-refractivity contribution is -0.120. The van der Waals surface area contributed by atoms with E-state index in [4.69, 9.17) is 0 Å². The smallest absolute Gasteiger partial charge is 0.140 e. The Balaban J connectivity index is 1.49. The quantitative estimate of drug-likeness (QED) is 0.661. The zero-order chi connectivity index (χ0) is 18.2. The van der Waals surface area contributed by atoms with Crippen LogP contribution in [0.15, 0.2) is 60.7 Å². The van der Waals surface area contributed by atoms with Gasteiger partial charge in [-0.2, -0.15) is 0 Å². The highest BCUT2D eigenvalue weighted by molar-refractivity contribution is 5.85. The summed E-state index contributed by atoms with van der Waals surface area (Å²) in [4.78, 5) is 15.1. The van der Waals surface area contributed by atoms with E-state index in [-0.39, 0.29) is 5.92 Å². The van der Waals surface area contributed by atoms with Crippen molar-refractivity contribution < 1.29 is 4.79 Å². The van der Waals surface area contributed by atoms with Crippen LogP contribution in [0, 0.1) is 5.92 Å². The van der Waals surface area contributed by atoms with E-state index in [1.807, 2.05) is 13.0 Å². The third-order valence-corrected chi connectivity index (χ3v) is 5.77. The fourth-order valence-electron chi connectivity index (χ4n) is 4.10. The molecule has 2 heteroatoms. The minimum atomic E-state index is 0.0852.